The maximum Gasteiger partial charge on any atom is 0.287 e. The first-order valence-corrected chi connectivity index (χ1v) is 9.82. The molecule has 3 heterocycles. The fraction of sp³-hybridized carbons (Fsp3) is 0.250. The van der Waals surface area contributed by atoms with Gasteiger partial charge < -0.3 is 4.90 Å². The number of thiophene rings is 1. The Morgan fingerprint density at radius 1 is 1.11 bits per heavy atom. The average molecular weight is 398 g/mol. The Kier molecular flexibility index (Phi) is 5.31. The number of piperazine rings is 1. The van der Waals surface area contributed by atoms with Crippen LogP contribution in [-0.4, -0.2) is 41.0 Å². The summed E-state index contributed by atoms with van der Waals surface area (Å²) in [5, 5.41) is 10.7. The van der Waals surface area contributed by atoms with Gasteiger partial charge in [-0.25, -0.2) is 9.37 Å². The summed E-state index contributed by atoms with van der Waals surface area (Å²) in [6, 6.07) is 14.0. The van der Waals surface area contributed by atoms with Gasteiger partial charge >= 0.3 is 0 Å². The number of aromatic nitrogens is 1. The third-order valence-corrected chi connectivity index (χ3v) is 5.91. The van der Waals surface area contributed by atoms with Crippen LogP contribution in [0.1, 0.15) is 4.88 Å². The molecular formula is C20H19FN4O2S. The largest absolute Gasteiger partial charge is 0.354 e. The van der Waals surface area contributed by atoms with Crippen molar-refractivity contribution in [2.24, 2.45) is 0 Å². The number of anilines is 1. The lowest BCUT2D eigenvalue weighted by Crippen LogP contribution is -2.46. The van der Waals surface area contributed by atoms with E-state index in [0.717, 1.165) is 49.0 Å². The molecule has 1 aromatic carbocycles. The number of nitro groups is 1. The van der Waals surface area contributed by atoms with Crippen molar-refractivity contribution in [3.63, 3.8) is 0 Å². The summed E-state index contributed by atoms with van der Waals surface area (Å²) in [6.45, 7) is 4.30. The second-order valence-corrected chi connectivity index (χ2v) is 7.84. The second kappa shape index (κ2) is 8.04. The van der Waals surface area contributed by atoms with Gasteiger partial charge in [0.1, 0.15) is 17.8 Å². The number of pyridine rings is 1. The fourth-order valence-electron chi connectivity index (χ4n) is 3.29. The van der Waals surface area contributed by atoms with E-state index in [1.165, 1.54) is 23.2 Å². The van der Waals surface area contributed by atoms with Crippen molar-refractivity contribution < 1.29 is 9.31 Å². The number of hydrogen-bond acceptors (Lipinski definition) is 6. The predicted octanol–water partition coefficient (Wildman–Crippen LogP) is 4.18. The average Bonchev–Trinajstić information content (AvgIpc) is 3.17. The van der Waals surface area contributed by atoms with E-state index in [0.29, 0.717) is 0 Å². The molecule has 144 valence electrons. The molecule has 2 aromatic heterocycles. The monoisotopic (exact) mass is 398 g/mol. The summed E-state index contributed by atoms with van der Waals surface area (Å²) in [5.74, 6) is 0.554. The van der Waals surface area contributed by atoms with Crippen molar-refractivity contribution in [1.82, 2.24) is 9.88 Å². The van der Waals surface area contributed by atoms with Gasteiger partial charge in [0.15, 0.2) is 0 Å². The predicted molar refractivity (Wildman–Crippen MR) is 108 cm³/mol. The molecule has 0 radical (unpaired) electrons. The molecule has 1 saturated heterocycles. The molecule has 3 aromatic rings. The Morgan fingerprint density at radius 2 is 1.93 bits per heavy atom. The normalized spacial score (nSPS) is 15.0. The van der Waals surface area contributed by atoms with Crippen LogP contribution in [0.25, 0.3) is 10.4 Å². The lowest BCUT2D eigenvalue weighted by atomic mass is 10.2. The lowest BCUT2D eigenvalue weighted by Gasteiger charge is -2.35. The Bertz CT molecular complexity index is 968. The quantitative estimate of drug-likeness (QED) is 0.477. The van der Waals surface area contributed by atoms with E-state index in [4.69, 9.17) is 0 Å². The number of benzene rings is 1. The minimum atomic E-state index is -0.437. The summed E-state index contributed by atoms with van der Waals surface area (Å²) in [4.78, 5) is 21.4. The maximum atomic E-state index is 13.4. The Morgan fingerprint density at radius 3 is 2.61 bits per heavy atom. The zero-order valence-corrected chi connectivity index (χ0v) is 15.9. The van der Waals surface area contributed by atoms with Gasteiger partial charge in [-0.05, 0) is 35.9 Å². The van der Waals surface area contributed by atoms with Crippen LogP contribution in [0, 0.1) is 15.9 Å². The highest BCUT2D eigenvalue weighted by Crippen LogP contribution is 2.29. The molecule has 0 saturated carbocycles. The first-order valence-electron chi connectivity index (χ1n) is 9.01. The summed E-state index contributed by atoms with van der Waals surface area (Å²) in [7, 11) is 0. The number of nitrogens with zero attached hydrogens (tertiary/aromatic N) is 4. The van der Waals surface area contributed by atoms with Gasteiger partial charge in [-0.15, -0.1) is 11.3 Å². The summed E-state index contributed by atoms with van der Waals surface area (Å²) < 4.78 is 13.4. The summed E-state index contributed by atoms with van der Waals surface area (Å²) in [5.41, 5.74) is 0.916. The third kappa shape index (κ3) is 4.18. The zero-order chi connectivity index (χ0) is 19.5. The third-order valence-electron chi connectivity index (χ3n) is 4.79. The highest BCUT2D eigenvalue weighted by molar-refractivity contribution is 7.15. The number of halogens is 1. The summed E-state index contributed by atoms with van der Waals surface area (Å²) in [6.07, 6.45) is 1.31. The highest BCUT2D eigenvalue weighted by Gasteiger charge is 2.19. The second-order valence-electron chi connectivity index (χ2n) is 6.67. The maximum absolute atomic E-state index is 13.4. The molecule has 1 aliphatic rings. The van der Waals surface area contributed by atoms with Crippen LogP contribution in [0.2, 0.25) is 0 Å². The van der Waals surface area contributed by atoms with Crippen molar-refractivity contribution in [2.75, 3.05) is 31.1 Å². The van der Waals surface area contributed by atoms with E-state index < -0.39 is 4.92 Å². The molecule has 0 aliphatic carbocycles. The topological polar surface area (TPSA) is 62.5 Å². The van der Waals surface area contributed by atoms with Crippen LogP contribution in [0.5, 0.6) is 0 Å². The van der Waals surface area contributed by atoms with E-state index in [2.05, 4.69) is 20.9 Å². The number of rotatable bonds is 5. The van der Waals surface area contributed by atoms with E-state index in [1.807, 2.05) is 12.1 Å². The molecule has 28 heavy (non-hydrogen) atoms. The fourth-order valence-corrected chi connectivity index (χ4v) is 4.34. The molecular weight excluding hydrogens is 379 g/mol. The van der Waals surface area contributed by atoms with Crippen molar-refractivity contribution in [2.45, 2.75) is 6.54 Å². The van der Waals surface area contributed by atoms with E-state index in [1.54, 1.807) is 29.5 Å². The standard InChI is InChI=1S/C20H19FN4O2S/c21-16-3-1-2-15(12-16)19-6-5-18(28-19)14-23-8-10-24(11-9-23)20-7-4-17(13-22-20)25(26)27/h1-7,12-13H,8-11,14H2. The van der Waals surface area contributed by atoms with Crippen LogP contribution in [0.15, 0.2) is 54.7 Å². The molecule has 4 rings (SSSR count). The SMILES string of the molecule is O=[N+]([O-])c1ccc(N2CCN(Cc3ccc(-c4cccc(F)c4)s3)CC2)nc1. The first kappa shape index (κ1) is 18.5. The molecule has 1 aliphatic heterocycles. The van der Waals surface area contributed by atoms with Gasteiger partial charge in [-0.3, -0.25) is 15.0 Å². The van der Waals surface area contributed by atoms with Crippen LogP contribution in [0.4, 0.5) is 15.9 Å². The smallest absolute Gasteiger partial charge is 0.287 e. The van der Waals surface area contributed by atoms with E-state index in [9.17, 15) is 14.5 Å². The van der Waals surface area contributed by atoms with Gasteiger partial charge in [-0.2, -0.15) is 0 Å². The lowest BCUT2D eigenvalue weighted by molar-refractivity contribution is -0.385. The minimum absolute atomic E-state index is 0.00850. The summed E-state index contributed by atoms with van der Waals surface area (Å²) >= 11 is 1.69. The molecule has 8 heteroatoms. The molecule has 0 N–H and O–H groups in total. The van der Waals surface area contributed by atoms with Crippen molar-refractivity contribution >= 4 is 22.8 Å². The molecule has 0 amide bonds. The van der Waals surface area contributed by atoms with Crippen LogP contribution < -0.4 is 4.90 Å². The Balaban J connectivity index is 1.34. The van der Waals surface area contributed by atoms with Crippen molar-refractivity contribution in [3.8, 4) is 10.4 Å². The van der Waals surface area contributed by atoms with E-state index in [-0.39, 0.29) is 11.5 Å². The minimum Gasteiger partial charge on any atom is -0.354 e. The molecule has 0 spiro atoms. The molecule has 1 fully saturated rings. The van der Waals surface area contributed by atoms with Crippen LogP contribution >= 0.6 is 11.3 Å². The van der Waals surface area contributed by atoms with Gasteiger partial charge in [0.25, 0.3) is 5.69 Å². The molecule has 0 atom stereocenters. The van der Waals surface area contributed by atoms with Gasteiger partial charge in [0, 0.05) is 48.5 Å². The van der Waals surface area contributed by atoms with E-state index >= 15 is 0 Å². The molecule has 6 nitrogen and oxygen atoms in total. The van der Waals surface area contributed by atoms with Crippen LogP contribution in [-0.2, 0) is 6.54 Å². The van der Waals surface area contributed by atoms with Gasteiger partial charge in [0.05, 0.1) is 4.92 Å². The Labute approximate surface area is 166 Å². The zero-order valence-electron chi connectivity index (χ0n) is 15.1. The van der Waals surface area contributed by atoms with Crippen molar-refractivity contribution in [1.29, 1.82) is 0 Å². The molecule has 0 bridgehead atoms. The van der Waals surface area contributed by atoms with Crippen molar-refractivity contribution in [3.05, 3.63) is 75.5 Å². The Hall–Kier alpha value is -2.84. The molecule has 0 unspecified atom stereocenters. The first-order chi connectivity index (χ1) is 13.6. The number of hydrogen-bond donors (Lipinski definition) is 0. The van der Waals surface area contributed by atoms with Gasteiger partial charge in [0.2, 0.25) is 0 Å². The van der Waals surface area contributed by atoms with Gasteiger partial charge in [-0.1, -0.05) is 12.1 Å². The van der Waals surface area contributed by atoms with Crippen LogP contribution in [0.3, 0.4) is 0 Å². The highest BCUT2D eigenvalue weighted by atomic mass is 32.1.